The Morgan fingerprint density at radius 3 is 2.21 bits per heavy atom. The van der Waals surface area contributed by atoms with Crippen LogP contribution in [-0.4, -0.2) is 66.9 Å². The van der Waals surface area contributed by atoms with Gasteiger partial charge in [-0.1, -0.05) is 0 Å². The minimum atomic E-state index is -1.13. The standard InChI is InChI=1S/C8H16O6/c1-12-8(13-2)6(11)7-5(10)4(9)3-14-7/h4-11H,3H2,1-2H3/t4-,5-,6+,7-/m0/s1. The number of rotatable bonds is 4. The molecule has 0 saturated carbocycles. The van der Waals surface area contributed by atoms with Gasteiger partial charge in [0.1, 0.15) is 24.4 Å². The van der Waals surface area contributed by atoms with Crippen molar-refractivity contribution < 1.29 is 29.5 Å². The number of aliphatic hydroxyl groups excluding tert-OH is 3. The highest BCUT2D eigenvalue weighted by Crippen LogP contribution is 2.20. The first kappa shape index (κ1) is 11.8. The SMILES string of the molecule is COC(OC)[C@H](O)[C@H]1OC[C@H](O)[C@@H]1O. The third-order valence-electron chi connectivity index (χ3n) is 2.27. The quantitative estimate of drug-likeness (QED) is 0.467. The predicted molar refractivity (Wildman–Crippen MR) is 45.6 cm³/mol. The van der Waals surface area contributed by atoms with Gasteiger partial charge in [0.25, 0.3) is 0 Å². The summed E-state index contributed by atoms with van der Waals surface area (Å²) in [4.78, 5) is 0. The van der Waals surface area contributed by atoms with Gasteiger partial charge in [-0.3, -0.25) is 0 Å². The molecule has 0 aliphatic carbocycles. The fourth-order valence-corrected chi connectivity index (χ4v) is 1.46. The minimum absolute atomic E-state index is 0.00302. The summed E-state index contributed by atoms with van der Waals surface area (Å²) in [7, 11) is 2.74. The lowest BCUT2D eigenvalue weighted by atomic mass is 10.1. The fraction of sp³-hybridized carbons (Fsp3) is 1.00. The zero-order chi connectivity index (χ0) is 10.7. The van der Waals surface area contributed by atoms with E-state index in [1.54, 1.807) is 0 Å². The molecule has 0 aromatic rings. The van der Waals surface area contributed by atoms with Crippen LogP contribution in [0.2, 0.25) is 0 Å². The second kappa shape index (κ2) is 5.01. The van der Waals surface area contributed by atoms with Crippen LogP contribution in [0.5, 0.6) is 0 Å². The molecule has 3 N–H and O–H groups in total. The Morgan fingerprint density at radius 1 is 1.29 bits per heavy atom. The predicted octanol–water partition coefficient (Wildman–Crippen LogP) is -1.91. The first-order valence-electron chi connectivity index (χ1n) is 4.33. The van der Waals surface area contributed by atoms with Crippen LogP contribution in [0.3, 0.4) is 0 Å². The van der Waals surface area contributed by atoms with E-state index in [9.17, 15) is 15.3 Å². The Kier molecular flexibility index (Phi) is 4.24. The largest absolute Gasteiger partial charge is 0.388 e. The van der Waals surface area contributed by atoms with Crippen molar-refractivity contribution in [2.45, 2.75) is 30.7 Å². The third kappa shape index (κ3) is 2.22. The maximum Gasteiger partial charge on any atom is 0.185 e. The van der Waals surface area contributed by atoms with Crippen molar-refractivity contribution in [3.63, 3.8) is 0 Å². The molecule has 0 amide bonds. The topological polar surface area (TPSA) is 88.4 Å². The van der Waals surface area contributed by atoms with Crippen molar-refractivity contribution in [1.29, 1.82) is 0 Å². The molecule has 14 heavy (non-hydrogen) atoms. The molecule has 6 heteroatoms. The van der Waals surface area contributed by atoms with E-state index in [4.69, 9.17) is 14.2 Å². The molecular weight excluding hydrogens is 192 g/mol. The second-order valence-corrected chi connectivity index (χ2v) is 3.19. The molecule has 0 bridgehead atoms. The average Bonchev–Trinajstić information content (AvgIpc) is 2.49. The fourth-order valence-electron chi connectivity index (χ4n) is 1.46. The van der Waals surface area contributed by atoms with Crippen molar-refractivity contribution >= 4 is 0 Å². The maximum absolute atomic E-state index is 9.65. The molecule has 1 heterocycles. The van der Waals surface area contributed by atoms with Crippen molar-refractivity contribution in [1.82, 2.24) is 0 Å². The smallest absolute Gasteiger partial charge is 0.185 e. The Hall–Kier alpha value is -0.240. The van der Waals surface area contributed by atoms with Gasteiger partial charge in [0.15, 0.2) is 6.29 Å². The van der Waals surface area contributed by atoms with Crippen LogP contribution in [-0.2, 0) is 14.2 Å². The van der Waals surface area contributed by atoms with E-state index in [-0.39, 0.29) is 6.61 Å². The van der Waals surface area contributed by atoms with Gasteiger partial charge in [-0.15, -0.1) is 0 Å². The molecule has 0 unspecified atom stereocenters. The highest BCUT2D eigenvalue weighted by atomic mass is 16.7. The number of hydrogen-bond donors (Lipinski definition) is 3. The van der Waals surface area contributed by atoms with Gasteiger partial charge in [0.05, 0.1) is 6.61 Å². The Bertz CT molecular complexity index is 171. The monoisotopic (exact) mass is 208 g/mol. The van der Waals surface area contributed by atoms with Gasteiger partial charge in [-0.05, 0) is 0 Å². The maximum atomic E-state index is 9.65. The second-order valence-electron chi connectivity index (χ2n) is 3.19. The van der Waals surface area contributed by atoms with E-state index in [1.807, 2.05) is 0 Å². The minimum Gasteiger partial charge on any atom is -0.388 e. The molecule has 1 aliphatic rings. The van der Waals surface area contributed by atoms with Crippen molar-refractivity contribution in [3.8, 4) is 0 Å². The summed E-state index contributed by atoms with van der Waals surface area (Å²) in [6.07, 6.45) is -4.96. The van der Waals surface area contributed by atoms with E-state index < -0.39 is 30.7 Å². The number of ether oxygens (including phenoxy) is 3. The van der Waals surface area contributed by atoms with Gasteiger partial charge in [-0.2, -0.15) is 0 Å². The molecule has 1 saturated heterocycles. The van der Waals surface area contributed by atoms with E-state index in [2.05, 4.69) is 0 Å². The van der Waals surface area contributed by atoms with Crippen LogP contribution >= 0.6 is 0 Å². The Morgan fingerprint density at radius 2 is 1.86 bits per heavy atom. The highest BCUT2D eigenvalue weighted by Gasteiger charge is 2.42. The van der Waals surface area contributed by atoms with E-state index in [1.165, 1.54) is 14.2 Å². The molecule has 84 valence electrons. The Labute approximate surface area is 82.0 Å². The molecule has 0 radical (unpaired) electrons. The third-order valence-corrected chi connectivity index (χ3v) is 2.27. The van der Waals surface area contributed by atoms with Crippen LogP contribution in [0.15, 0.2) is 0 Å². The van der Waals surface area contributed by atoms with Crippen LogP contribution in [0.1, 0.15) is 0 Å². The molecule has 0 spiro atoms. The summed E-state index contributed by atoms with van der Waals surface area (Å²) in [5.74, 6) is 0. The zero-order valence-corrected chi connectivity index (χ0v) is 8.16. The lowest BCUT2D eigenvalue weighted by molar-refractivity contribution is -0.201. The molecule has 1 fully saturated rings. The van der Waals surface area contributed by atoms with Gasteiger partial charge in [-0.25, -0.2) is 0 Å². The van der Waals surface area contributed by atoms with Gasteiger partial charge >= 0.3 is 0 Å². The first-order valence-corrected chi connectivity index (χ1v) is 4.33. The molecule has 1 rings (SSSR count). The van der Waals surface area contributed by atoms with Gasteiger partial charge in [0, 0.05) is 14.2 Å². The molecule has 6 nitrogen and oxygen atoms in total. The normalized spacial score (nSPS) is 35.1. The molecular formula is C8H16O6. The summed E-state index contributed by atoms with van der Waals surface area (Å²) < 4.78 is 14.6. The summed E-state index contributed by atoms with van der Waals surface area (Å²) in [6.45, 7) is 0.00302. The first-order chi connectivity index (χ1) is 6.61. The van der Waals surface area contributed by atoms with E-state index in [0.29, 0.717) is 0 Å². The van der Waals surface area contributed by atoms with E-state index >= 15 is 0 Å². The van der Waals surface area contributed by atoms with Crippen LogP contribution in [0.25, 0.3) is 0 Å². The van der Waals surface area contributed by atoms with Crippen molar-refractivity contribution in [3.05, 3.63) is 0 Å². The lowest BCUT2D eigenvalue weighted by Crippen LogP contribution is -2.46. The lowest BCUT2D eigenvalue weighted by Gasteiger charge is -2.26. The molecule has 0 aromatic carbocycles. The van der Waals surface area contributed by atoms with Crippen molar-refractivity contribution in [2.24, 2.45) is 0 Å². The highest BCUT2D eigenvalue weighted by molar-refractivity contribution is 4.89. The summed E-state index contributed by atoms with van der Waals surface area (Å²) >= 11 is 0. The summed E-state index contributed by atoms with van der Waals surface area (Å²) in [6, 6.07) is 0. The average molecular weight is 208 g/mol. The number of hydrogen-bond acceptors (Lipinski definition) is 6. The van der Waals surface area contributed by atoms with E-state index in [0.717, 1.165) is 0 Å². The van der Waals surface area contributed by atoms with Gasteiger partial charge < -0.3 is 29.5 Å². The number of aliphatic hydroxyl groups is 3. The van der Waals surface area contributed by atoms with Gasteiger partial charge in [0.2, 0.25) is 0 Å². The van der Waals surface area contributed by atoms with Crippen LogP contribution < -0.4 is 0 Å². The molecule has 4 atom stereocenters. The van der Waals surface area contributed by atoms with Crippen molar-refractivity contribution in [2.75, 3.05) is 20.8 Å². The summed E-state index contributed by atoms with van der Waals surface area (Å²) in [5, 5.41) is 28.2. The molecule has 0 aromatic heterocycles. The van der Waals surface area contributed by atoms with Crippen LogP contribution in [0, 0.1) is 0 Å². The Balaban J connectivity index is 2.55. The summed E-state index contributed by atoms with van der Waals surface area (Å²) in [5.41, 5.74) is 0. The molecule has 1 aliphatic heterocycles. The zero-order valence-electron chi connectivity index (χ0n) is 8.16. The van der Waals surface area contributed by atoms with Crippen LogP contribution in [0.4, 0.5) is 0 Å². The number of methoxy groups -OCH3 is 2.